The van der Waals surface area contributed by atoms with Crippen LogP contribution in [0.15, 0.2) is 18.2 Å². The summed E-state index contributed by atoms with van der Waals surface area (Å²) in [4.78, 5) is 7.23. The van der Waals surface area contributed by atoms with Crippen LogP contribution in [0.3, 0.4) is 0 Å². The average molecular weight is 236 g/mol. The van der Waals surface area contributed by atoms with E-state index in [2.05, 4.69) is 24.0 Å². The van der Waals surface area contributed by atoms with Gasteiger partial charge >= 0.3 is 0 Å². The fraction of sp³-hybridized carbons (Fsp3) is 0.538. The van der Waals surface area contributed by atoms with Gasteiger partial charge in [0.1, 0.15) is 5.75 Å². The van der Waals surface area contributed by atoms with Crippen LogP contribution >= 0.6 is 0 Å². The van der Waals surface area contributed by atoms with E-state index < -0.39 is 0 Å². The molecule has 1 saturated heterocycles. The molecule has 2 N–H and O–H groups in total. The third kappa shape index (κ3) is 2.70. The topological polar surface area (TPSA) is 47.7 Å². The first kappa shape index (κ1) is 12.2. The number of ether oxygens (including phenoxy) is 1. The van der Waals surface area contributed by atoms with E-state index in [1.165, 1.54) is 11.3 Å². The zero-order valence-corrected chi connectivity index (χ0v) is 10.5. The van der Waals surface area contributed by atoms with E-state index >= 15 is 0 Å². The highest BCUT2D eigenvalue weighted by Gasteiger charge is 2.21. The van der Waals surface area contributed by atoms with Gasteiger partial charge < -0.3 is 14.5 Å². The van der Waals surface area contributed by atoms with E-state index in [1.807, 2.05) is 6.07 Å². The molecule has 0 unspecified atom stereocenters. The first-order chi connectivity index (χ1) is 8.24. The summed E-state index contributed by atoms with van der Waals surface area (Å²) in [6.07, 6.45) is 2.13. The fourth-order valence-electron chi connectivity index (χ4n) is 2.28. The van der Waals surface area contributed by atoms with Crippen LogP contribution in [0, 0.1) is 6.92 Å². The summed E-state index contributed by atoms with van der Waals surface area (Å²) in [7, 11) is 1.71. The number of hydrogen-bond donors (Lipinski definition) is 1. The molecule has 2 rings (SSSR count). The molecule has 0 radical (unpaired) electrons. The van der Waals surface area contributed by atoms with Crippen LogP contribution in [0.5, 0.6) is 5.75 Å². The molecule has 1 aromatic rings. The lowest BCUT2D eigenvalue weighted by Crippen LogP contribution is -2.38. The van der Waals surface area contributed by atoms with Crippen molar-refractivity contribution in [2.24, 2.45) is 5.90 Å². The van der Waals surface area contributed by atoms with Crippen LogP contribution in [-0.2, 0) is 4.84 Å². The van der Waals surface area contributed by atoms with Gasteiger partial charge in [-0.2, -0.15) is 0 Å². The monoisotopic (exact) mass is 236 g/mol. The summed E-state index contributed by atoms with van der Waals surface area (Å²) in [5.74, 6) is 6.16. The van der Waals surface area contributed by atoms with Gasteiger partial charge in [0.2, 0.25) is 0 Å². The van der Waals surface area contributed by atoms with Crippen LogP contribution in [-0.4, -0.2) is 26.3 Å². The van der Waals surface area contributed by atoms with Gasteiger partial charge in [0.05, 0.1) is 18.9 Å². The van der Waals surface area contributed by atoms with Crippen molar-refractivity contribution in [3.05, 3.63) is 23.8 Å². The minimum absolute atomic E-state index is 0.196. The van der Waals surface area contributed by atoms with Crippen molar-refractivity contribution < 1.29 is 9.57 Å². The maximum Gasteiger partial charge on any atom is 0.142 e. The number of rotatable bonds is 3. The van der Waals surface area contributed by atoms with Crippen molar-refractivity contribution in [1.29, 1.82) is 0 Å². The van der Waals surface area contributed by atoms with Gasteiger partial charge in [0, 0.05) is 13.1 Å². The molecule has 94 valence electrons. The maximum absolute atomic E-state index is 5.41. The Bertz CT molecular complexity index is 374. The molecule has 1 aromatic carbocycles. The molecular weight excluding hydrogens is 216 g/mol. The number of aryl methyl sites for hydroxylation is 1. The molecule has 1 fully saturated rings. The molecule has 1 aliphatic rings. The van der Waals surface area contributed by atoms with E-state index in [1.54, 1.807) is 7.11 Å². The molecule has 0 spiro atoms. The number of hydrogen-bond acceptors (Lipinski definition) is 4. The largest absolute Gasteiger partial charge is 0.495 e. The minimum Gasteiger partial charge on any atom is -0.495 e. The van der Waals surface area contributed by atoms with Gasteiger partial charge in [-0.15, -0.1) is 0 Å². The van der Waals surface area contributed by atoms with E-state index in [-0.39, 0.29) is 6.10 Å². The van der Waals surface area contributed by atoms with E-state index in [0.717, 1.165) is 31.7 Å². The molecule has 4 nitrogen and oxygen atoms in total. The third-order valence-corrected chi connectivity index (χ3v) is 3.31. The fourth-order valence-corrected chi connectivity index (χ4v) is 2.28. The molecular formula is C13H20N2O2. The number of nitrogens with two attached hydrogens (primary N) is 1. The average Bonchev–Trinajstić information content (AvgIpc) is 2.39. The Morgan fingerprint density at radius 1 is 1.29 bits per heavy atom. The van der Waals surface area contributed by atoms with Crippen LogP contribution in [0.25, 0.3) is 0 Å². The molecule has 0 atom stereocenters. The number of anilines is 1. The lowest BCUT2D eigenvalue weighted by Gasteiger charge is -2.33. The number of piperidine rings is 1. The highest BCUT2D eigenvalue weighted by atomic mass is 16.6. The van der Waals surface area contributed by atoms with Crippen molar-refractivity contribution >= 4 is 5.69 Å². The molecule has 0 aromatic heterocycles. The standard InChI is InChI=1S/C13H20N2O2/c1-10-3-4-13(16-2)12(9-10)15-7-5-11(17-14)6-8-15/h3-4,9,11H,5-8,14H2,1-2H3. The van der Waals surface area contributed by atoms with Gasteiger partial charge in [-0.3, -0.25) is 0 Å². The third-order valence-electron chi connectivity index (χ3n) is 3.31. The van der Waals surface area contributed by atoms with E-state index in [4.69, 9.17) is 15.5 Å². The Morgan fingerprint density at radius 3 is 2.59 bits per heavy atom. The molecule has 0 amide bonds. The Morgan fingerprint density at radius 2 is 2.00 bits per heavy atom. The summed E-state index contributed by atoms with van der Waals surface area (Å²) >= 11 is 0. The Balaban J connectivity index is 2.14. The van der Waals surface area contributed by atoms with Crippen LogP contribution in [0.2, 0.25) is 0 Å². The minimum atomic E-state index is 0.196. The van der Waals surface area contributed by atoms with Crippen molar-refractivity contribution in [3.63, 3.8) is 0 Å². The van der Waals surface area contributed by atoms with Crippen molar-refractivity contribution in [3.8, 4) is 5.75 Å². The summed E-state index contributed by atoms with van der Waals surface area (Å²) in [6.45, 7) is 4.02. The number of benzene rings is 1. The second-order valence-electron chi connectivity index (χ2n) is 4.50. The molecule has 0 bridgehead atoms. The second kappa shape index (κ2) is 5.38. The first-order valence-electron chi connectivity index (χ1n) is 5.99. The summed E-state index contributed by atoms with van der Waals surface area (Å²) in [6, 6.07) is 6.26. The second-order valence-corrected chi connectivity index (χ2v) is 4.50. The smallest absolute Gasteiger partial charge is 0.142 e. The van der Waals surface area contributed by atoms with Crippen LogP contribution in [0.4, 0.5) is 5.69 Å². The van der Waals surface area contributed by atoms with Crippen LogP contribution < -0.4 is 15.5 Å². The number of methoxy groups -OCH3 is 1. The van der Waals surface area contributed by atoms with Gasteiger partial charge in [0.15, 0.2) is 0 Å². The van der Waals surface area contributed by atoms with Crippen molar-refractivity contribution in [2.45, 2.75) is 25.9 Å². The zero-order chi connectivity index (χ0) is 12.3. The van der Waals surface area contributed by atoms with Crippen LogP contribution in [0.1, 0.15) is 18.4 Å². The predicted molar refractivity (Wildman–Crippen MR) is 68.2 cm³/mol. The van der Waals surface area contributed by atoms with Crippen molar-refractivity contribution in [2.75, 3.05) is 25.1 Å². The Labute approximate surface area is 102 Å². The Kier molecular flexibility index (Phi) is 3.86. The van der Waals surface area contributed by atoms with Crippen molar-refractivity contribution in [1.82, 2.24) is 0 Å². The normalized spacial score (nSPS) is 17.2. The lowest BCUT2D eigenvalue weighted by molar-refractivity contribution is 0.0367. The summed E-state index contributed by atoms with van der Waals surface area (Å²) in [5.41, 5.74) is 2.42. The lowest BCUT2D eigenvalue weighted by atomic mass is 10.1. The van der Waals surface area contributed by atoms with E-state index in [9.17, 15) is 0 Å². The van der Waals surface area contributed by atoms with Gasteiger partial charge in [-0.25, -0.2) is 5.90 Å². The number of nitrogens with zero attached hydrogens (tertiary/aromatic N) is 1. The summed E-state index contributed by atoms with van der Waals surface area (Å²) in [5, 5.41) is 0. The molecule has 0 aliphatic carbocycles. The molecule has 4 heteroatoms. The van der Waals surface area contributed by atoms with Gasteiger partial charge in [-0.1, -0.05) is 6.07 Å². The van der Waals surface area contributed by atoms with Gasteiger partial charge in [0.25, 0.3) is 0 Å². The zero-order valence-electron chi connectivity index (χ0n) is 10.5. The highest BCUT2D eigenvalue weighted by molar-refractivity contribution is 5.60. The highest BCUT2D eigenvalue weighted by Crippen LogP contribution is 2.31. The first-order valence-corrected chi connectivity index (χ1v) is 5.99. The SMILES string of the molecule is COc1ccc(C)cc1N1CCC(ON)CC1. The molecule has 1 heterocycles. The maximum atomic E-state index is 5.41. The van der Waals surface area contributed by atoms with E-state index in [0.29, 0.717) is 0 Å². The predicted octanol–water partition coefficient (Wildman–Crippen LogP) is 1.86. The molecule has 0 saturated carbocycles. The summed E-state index contributed by atoms with van der Waals surface area (Å²) < 4.78 is 5.41. The van der Waals surface area contributed by atoms with Gasteiger partial charge in [-0.05, 0) is 37.5 Å². The molecule has 17 heavy (non-hydrogen) atoms. The quantitative estimate of drug-likeness (QED) is 0.814. The molecule has 1 aliphatic heterocycles. The Hall–Kier alpha value is -1.26.